The smallest absolute Gasteiger partial charge is 0.243 e. The van der Waals surface area contributed by atoms with Crippen molar-refractivity contribution in [3.05, 3.63) is 71.4 Å². The fourth-order valence-corrected chi connectivity index (χ4v) is 6.00. The number of nitrogens with zero attached hydrogens (tertiary/aromatic N) is 2. The van der Waals surface area contributed by atoms with Crippen LogP contribution in [0.2, 0.25) is 0 Å². The van der Waals surface area contributed by atoms with Gasteiger partial charge in [0.25, 0.3) is 0 Å². The Morgan fingerprint density at radius 2 is 1.68 bits per heavy atom. The van der Waals surface area contributed by atoms with E-state index >= 15 is 0 Å². The average molecular weight is 437 g/mol. The van der Waals surface area contributed by atoms with Gasteiger partial charge in [-0.3, -0.25) is 0 Å². The predicted molar refractivity (Wildman–Crippen MR) is 129 cm³/mol. The van der Waals surface area contributed by atoms with Crippen molar-refractivity contribution in [2.24, 2.45) is 0 Å². The molecule has 3 aromatic rings. The van der Waals surface area contributed by atoms with Gasteiger partial charge in [-0.1, -0.05) is 57.2 Å². The van der Waals surface area contributed by atoms with E-state index in [1.54, 1.807) is 16.4 Å². The molecule has 0 atom stereocenters. The zero-order chi connectivity index (χ0) is 22.4. The topological polar surface area (TPSA) is 42.3 Å². The molecule has 0 unspecified atom stereocenters. The van der Waals surface area contributed by atoms with Crippen molar-refractivity contribution in [2.45, 2.75) is 57.9 Å². The SMILES string of the molecule is CCn1c(C)c(C2=CCN(S(=O)(=O)c3ccc(C(C)(C)C)cc3)CC2)c2ccccc21. The van der Waals surface area contributed by atoms with Crippen LogP contribution in [0.25, 0.3) is 16.5 Å². The highest BCUT2D eigenvalue weighted by atomic mass is 32.2. The summed E-state index contributed by atoms with van der Waals surface area (Å²) >= 11 is 0. The highest BCUT2D eigenvalue weighted by Gasteiger charge is 2.28. The van der Waals surface area contributed by atoms with Gasteiger partial charge in [-0.2, -0.15) is 4.31 Å². The summed E-state index contributed by atoms with van der Waals surface area (Å²) in [5.74, 6) is 0. The van der Waals surface area contributed by atoms with Gasteiger partial charge < -0.3 is 4.57 Å². The first-order chi connectivity index (χ1) is 14.6. The number of hydrogen-bond acceptors (Lipinski definition) is 2. The van der Waals surface area contributed by atoms with E-state index in [0.29, 0.717) is 18.0 Å². The molecule has 0 fully saturated rings. The fourth-order valence-electron chi connectivity index (χ4n) is 4.62. The molecule has 2 heterocycles. The van der Waals surface area contributed by atoms with Gasteiger partial charge >= 0.3 is 0 Å². The molecular formula is C26H32N2O2S. The lowest BCUT2D eigenvalue weighted by Gasteiger charge is -2.26. The van der Waals surface area contributed by atoms with Gasteiger partial charge in [0.1, 0.15) is 0 Å². The van der Waals surface area contributed by atoms with E-state index in [0.717, 1.165) is 18.5 Å². The Hall–Kier alpha value is -2.37. The second-order valence-electron chi connectivity index (χ2n) is 9.34. The third kappa shape index (κ3) is 3.85. The van der Waals surface area contributed by atoms with Crippen LogP contribution in [0.15, 0.2) is 59.5 Å². The van der Waals surface area contributed by atoms with E-state index in [1.807, 2.05) is 12.1 Å². The third-order valence-corrected chi connectivity index (χ3v) is 8.28. The average Bonchev–Trinajstić information content (AvgIpc) is 3.04. The highest BCUT2D eigenvalue weighted by Crippen LogP contribution is 2.35. The molecule has 1 aliphatic heterocycles. The van der Waals surface area contributed by atoms with Crippen LogP contribution in [0.4, 0.5) is 0 Å². The Bertz CT molecular complexity index is 1240. The number of rotatable bonds is 4. The fraction of sp³-hybridized carbons (Fsp3) is 0.385. The molecule has 0 aliphatic carbocycles. The van der Waals surface area contributed by atoms with Crippen molar-refractivity contribution in [3.8, 4) is 0 Å². The van der Waals surface area contributed by atoms with Crippen LogP contribution >= 0.6 is 0 Å². The molecule has 0 saturated heterocycles. The normalized spacial score (nSPS) is 16.0. The lowest BCUT2D eigenvalue weighted by Crippen LogP contribution is -2.34. The number of fused-ring (bicyclic) bond motifs is 1. The summed E-state index contributed by atoms with van der Waals surface area (Å²) in [4.78, 5) is 0.371. The van der Waals surface area contributed by atoms with Crippen molar-refractivity contribution in [1.82, 2.24) is 8.87 Å². The summed E-state index contributed by atoms with van der Waals surface area (Å²) in [6, 6.07) is 15.8. The lowest BCUT2D eigenvalue weighted by molar-refractivity contribution is 0.441. The lowest BCUT2D eigenvalue weighted by atomic mass is 9.87. The quantitative estimate of drug-likeness (QED) is 0.523. The van der Waals surface area contributed by atoms with Crippen molar-refractivity contribution >= 4 is 26.5 Å². The number of para-hydroxylation sites is 1. The molecule has 5 heteroatoms. The zero-order valence-corrected chi connectivity index (χ0v) is 20.0. The summed E-state index contributed by atoms with van der Waals surface area (Å²) in [5, 5.41) is 1.25. The Morgan fingerprint density at radius 1 is 1.00 bits per heavy atom. The molecule has 164 valence electrons. The number of aromatic nitrogens is 1. The molecule has 0 bridgehead atoms. The van der Waals surface area contributed by atoms with E-state index in [1.165, 1.54) is 27.7 Å². The summed E-state index contributed by atoms with van der Waals surface area (Å²) in [5.41, 5.74) is 6.14. The summed E-state index contributed by atoms with van der Waals surface area (Å²) in [7, 11) is -3.50. The van der Waals surface area contributed by atoms with Crippen LogP contribution in [0, 0.1) is 6.92 Å². The van der Waals surface area contributed by atoms with E-state index in [2.05, 4.69) is 69.5 Å². The molecule has 4 rings (SSSR count). The van der Waals surface area contributed by atoms with Crippen LogP contribution in [0.1, 0.15) is 50.9 Å². The predicted octanol–water partition coefficient (Wildman–Crippen LogP) is 5.75. The van der Waals surface area contributed by atoms with Crippen LogP contribution in [-0.2, 0) is 22.0 Å². The van der Waals surface area contributed by atoms with E-state index < -0.39 is 10.0 Å². The van der Waals surface area contributed by atoms with Gasteiger partial charge in [-0.25, -0.2) is 8.42 Å². The monoisotopic (exact) mass is 436 g/mol. The van der Waals surface area contributed by atoms with Crippen molar-refractivity contribution in [3.63, 3.8) is 0 Å². The van der Waals surface area contributed by atoms with Gasteiger partial charge in [0.05, 0.1) is 4.90 Å². The standard InChI is InChI=1S/C26H32N2O2S/c1-6-28-19(2)25(23-9-7-8-10-24(23)28)20-15-17-27(18-16-20)31(29,30)22-13-11-21(12-14-22)26(3,4)5/h7-15H,6,16-18H2,1-5H3. The molecular weight excluding hydrogens is 404 g/mol. The van der Waals surface area contributed by atoms with Crippen LogP contribution in [0.3, 0.4) is 0 Å². The molecule has 0 amide bonds. The van der Waals surface area contributed by atoms with E-state index in [4.69, 9.17) is 0 Å². The first-order valence-electron chi connectivity index (χ1n) is 11.0. The Balaban J connectivity index is 1.63. The van der Waals surface area contributed by atoms with E-state index in [-0.39, 0.29) is 5.41 Å². The first-order valence-corrected chi connectivity index (χ1v) is 12.5. The second-order valence-corrected chi connectivity index (χ2v) is 11.3. The molecule has 1 aromatic heterocycles. The first kappa shape index (κ1) is 21.8. The number of aryl methyl sites for hydroxylation is 1. The molecule has 0 radical (unpaired) electrons. The van der Waals surface area contributed by atoms with Crippen molar-refractivity contribution in [1.29, 1.82) is 0 Å². The number of benzene rings is 2. The summed E-state index contributed by atoms with van der Waals surface area (Å²) in [6.07, 6.45) is 2.82. The van der Waals surface area contributed by atoms with Crippen molar-refractivity contribution < 1.29 is 8.42 Å². The Morgan fingerprint density at radius 3 is 2.26 bits per heavy atom. The largest absolute Gasteiger partial charge is 0.345 e. The maximum atomic E-state index is 13.2. The molecule has 2 aromatic carbocycles. The minimum absolute atomic E-state index is 0.000580. The van der Waals surface area contributed by atoms with Gasteiger partial charge in [-0.05, 0) is 55.0 Å². The number of sulfonamides is 1. The maximum Gasteiger partial charge on any atom is 0.243 e. The van der Waals surface area contributed by atoms with Gasteiger partial charge in [-0.15, -0.1) is 0 Å². The maximum absolute atomic E-state index is 13.2. The number of hydrogen-bond donors (Lipinski definition) is 0. The van der Waals surface area contributed by atoms with Gasteiger partial charge in [0.15, 0.2) is 0 Å². The van der Waals surface area contributed by atoms with E-state index in [9.17, 15) is 8.42 Å². The Kier molecular flexibility index (Phi) is 5.61. The molecule has 0 N–H and O–H groups in total. The van der Waals surface area contributed by atoms with Crippen LogP contribution in [-0.4, -0.2) is 30.4 Å². The second kappa shape index (κ2) is 7.95. The molecule has 0 spiro atoms. The minimum Gasteiger partial charge on any atom is -0.345 e. The summed E-state index contributed by atoms with van der Waals surface area (Å²) in [6.45, 7) is 12.5. The molecule has 4 nitrogen and oxygen atoms in total. The van der Waals surface area contributed by atoms with Gasteiger partial charge in [0.2, 0.25) is 10.0 Å². The summed E-state index contributed by atoms with van der Waals surface area (Å²) < 4.78 is 30.4. The van der Waals surface area contributed by atoms with Crippen LogP contribution in [0.5, 0.6) is 0 Å². The van der Waals surface area contributed by atoms with Crippen LogP contribution < -0.4 is 0 Å². The third-order valence-electron chi connectivity index (χ3n) is 6.40. The zero-order valence-electron chi connectivity index (χ0n) is 19.1. The molecule has 31 heavy (non-hydrogen) atoms. The minimum atomic E-state index is -3.50. The van der Waals surface area contributed by atoms with Gasteiger partial charge in [0, 0.05) is 41.8 Å². The van der Waals surface area contributed by atoms with Crippen molar-refractivity contribution in [2.75, 3.05) is 13.1 Å². The Labute approximate surface area is 186 Å². The highest BCUT2D eigenvalue weighted by molar-refractivity contribution is 7.89. The molecule has 0 saturated carbocycles. The molecule has 1 aliphatic rings.